The second kappa shape index (κ2) is 6.52. The van der Waals surface area contributed by atoms with E-state index in [0.717, 1.165) is 22.0 Å². The number of nitrogens with zero attached hydrogens (tertiary/aromatic N) is 2. The Kier molecular flexibility index (Phi) is 4.28. The Morgan fingerprint density at radius 3 is 2.96 bits per heavy atom. The molecule has 2 aromatic heterocycles. The predicted octanol–water partition coefficient (Wildman–Crippen LogP) is 2.44. The van der Waals surface area contributed by atoms with E-state index in [9.17, 15) is 4.79 Å². The summed E-state index contributed by atoms with van der Waals surface area (Å²) in [4.78, 5) is 16.3. The normalized spacial score (nSPS) is 10.7. The first-order chi connectivity index (χ1) is 11.2. The van der Waals surface area contributed by atoms with Crippen molar-refractivity contribution in [3.05, 3.63) is 59.9 Å². The van der Waals surface area contributed by atoms with Gasteiger partial charge in [-0.15, -0.1) is 0 Å². The summed E-state index contributed by atoms with van der Waals surface area (Å²) in [6.07, 6.45) is 4.05. The summed E-state index contributed by atoms with van der Waals surface area (Å²) in [6.45, 7) is 0.461. The third kappa shape index (κ3) is 3.34. The van der Waals surface area contributed by atoms with Crippen molar-refractivity contribution in [1.82, 2.24) is 14.9 Å². The van der Waals surface area contributed by atoms with Crippen LogP contribution in [0.3, 0.4) is 0 Å². The van der Waals surface area contributed by atoms with Gasteiger partial charge in [0.1, 0.15) is 0 Å². The minimum Gasteiger partial charge on any atom is -0.481 e. The molecule has 0 saturated heterocycles. The number of carbonyl (C=O) groups excluding carboxylic acids is 1. The van der Waals surface area contributed by atoms with Gasteiger partial charge in [-0.2, -0.15) is 0 Å². The third-order valence-corrected chi connectivity index (χ3v) is 3.83. The Morgan fingerprint density at radius 2 is 2.13 bits per heavy atom. The number of amides is 1. The molecule has 0 atom stereocenters. The molecule has 0 aliphatic carbocycles. The summed E-state index contributed by atoms with van der Waals surface area (Å²) in [5.74, 6) is 0.544. The SMILES string of the molecule is COc1cc(CNC(=O)Cc2cn(C)c3ccccc23)ccn1. The molecule has 0 unspecified atom stereocenters. The van der Waals surface area contributed by atoms with Gasteiger partial charge in [0.05, 0.1) is 13.5 Å². The van der Waals surface area contributed by atoms with Gasteiger partial charge in [-0.1, -0.05) is 18.2 Å². The molecule has 5 nitrogen and oxygen atoms in total. The van der Waals surface area contributed by atoms with Crippen LogP contribution in [0.2, 0.25) is 0 Å². The molecule has 2 heterocycles. The number of aryl methyl sites for hydroxylation is 1. The molecule has 3 aromatic rings. The maximum absolute atomic E-state index is 12.2. The molecule has 0 radical (unpaired) electrons. The van der Waals surface area contributed by atoms with E-state index in [4.69, 9.17) is 4.74 Å². The molecule has 1 N–H and O–H groups in total. The van der Waals surface area contributed by atoms with E-state index < -0.39 is 0 Å². The molecule has 0 fully saturated rings. The van der Waals surface area contributed by atoms with Crippen LogP contribution in [0.1, 0.15) is 11.1 Å². The van der Waals surface area contributed by atoms with Gasteiger partial charge in [-0.05, 0) is 23.3 Å². The molecule has 0 aliphatic rings. The lowest BCUT2D eigenvalue weighted by molar-refractivity contribution is -0.120. The zero-order chi connectivity index (χ0) is 16.2. The van der Waals surface area contributed by atoms with Crippen molar-refractivity contribution in [2.45, 2.75) is 13.0 Å². The topological polar surface area (TPSA) is 56.1 Å². The third-order valence-electron chi connectivity index (χ3n) is 3.83. The highest BCUT2D eigenvalue weighted by molar-refractivity contribution is 5.89. The zero-order valence-electron chi connectivity index (χ0n) is 13.2. The second-order valence-electron chi connectivity index (χ2n) is 5.44. The van der Waals surface area contributed by atoms with Gasteiger partial charge < -0.3 is 14.6 Å². The van der Waals surface area contributed by atoms with E-state index in [-0.39, 0.29) is 5.91 Å². The van der Waals surface area contributed by atoms with Gasteiger partial charge in [0.25, 0.3) is 0 Å². The number of ether oxygens (including phenoxy) is 1. The molecule has 0 spiro atoms. The predicted molar refractivity (Wildman–Crippen MR) is 89.3 cm³/mol. The van der Waals surface area contributed by atoms with Gasteiger partial charge >= 0.3 is 0 Å². The van der Waals surface area contributed by atoms with E-state index in [0.29, 0.717) is 18.8 Å². The zero-order valence-corrected chi connectivity index (χ0v) is 13.2. The lowest BCUT2D eigenvalue weighted by Crippen LogP contribution is -2.24. The van der Waals surface area contributed by atoms with E-state index in [1.54, 1.807) is 13.3 Å². The minimum absolute atomic E-state index is 0.00266. The average Bonchev–Trinajstić information content (AvgIpc) is 2.89. The second-order valence-corrected chi connectivity index (χ2v) is 5.44. The van der Waals surface area contributed by atoms with Crippen LogP contribution in [0.15, 0.2) is 48.8 Å². The molecular weight excluding hydrogens is 290 g/mol. The average molecular weight is 309 g/mol. The van der Waals surface area contributed by atoms with Crippen LogP contribution in [-0.4, -0.2) is 22.6 Å². The van der Waals surface area contributed by atoms with Gasteiger partial charge in [-0.3, -0.25) is 4.79 Å². The fraction of sp³-hybridized carbons (Fsp3) is 0.222. The van der Waals surface area contributed by atoms with Crippen molar-refractivity contribution in [1.29, 1.82) is 0 Å². The van der Waals surface area contributed by atoms with Crippen molar-refractivity contribution in [2.75, 3.05) is 7.11 Å². The fourth-order valence-corrected chi connectivity index (χ4v) is 2.67. The number of para-hydroxylation sites is 1. The Balaban J connectivity index is 1.67. The molecule has 1 aromatic carbocycles. The molecule has 3 rings (SSSR count). The van der Waals surface area contributed by atoms with Crippen molar-refractivity contribution in [3.63, 3.8) is 0 Å². The Labute approximate surface area is 134 Å². The van der Waals surface area contributed by atoms with Crippen LogP contribution in [0, 0.1) is 0 Å². The first-order valence-corrected chi connectivity index (χ1v) is 7.46. The lowest BCUT2D eigenvalue weighted by atomic mass is 10.1. The Hall–Kier alpha value is -2.82. The number of aromatic nitrogens is 2. The quantitative estimate of drug-likeness (QED) is 0.787. The van der Waals surface area contributed by atoms with Crippen LogP contribution in [0.4, 0.5) is 0 Å². The van der Waals surface area contributed by atoms with Crippen LogP contribution in [0.25, 0.3) is 10.9 Å². The van der Waals surface area contributed by atoms with E-state index in [1.165, 1.54) is 0 Å². The van der Waals surface area contributed by atoms with Gasteiger partial charge in [0.15, 0.2) is 0 Å². The van der Waals surface area contributed by atoms with Crippen LogP contribution in [-0.2, 0) is 24.8 Å². The minimum atomic E-state index is -0.00266. The maximum Gasteiger partial charge on any atom is 0.224 e. The summed E-state index contributed by atoms with van der Waals surface area (Å²) in [5, 5.41) is 4.06. The largest absolute Gasteiger partial charge is 0.481 e. The number of hydrogen-bond acceptors (Lipinski definition) is 3. The van der Waals surface area contributed by atoms with Gasteiger partial charge in [-0.25, -0.2) is 4.98 Å². The van der Waals surface area contributed by atoms with E-state index in [2.05, 4.69) is 16.4 Å². The van der Waals surface area contributed by atoms with Crippen LogP contribution in [0.5, 0.6) is 5.88 Å². The number of rotatable bonds is 5. The first-order valence-electron chi connectivity index (χ1n) is 7.46. The molecular formula is C18H19N3O2. The monoisotopic (exact) mass is 309 g/mol. The molecule has 1 amide bonds. The number of pyridine rings is 1. The highest BCUT2D eigenvalue weighted by Crippen LogP contribution is 2.20. The summed E-state index contributed by atoms with van der Waals surface area (Å²) >= 11 is 0. The Morgan fingerprint density at radius 1 is 1.30 bits per heavy atom. The summed E-state index contributed by atoms with van der Waals surface area (Å²) in [5.41, 5.74) is 3.13. The standard InChI is InChI=1S/C18H19N3O2/c1-21-12-14(15-5-3-4-6-16(15)21)10-17(22)20-11-13-7-8-19-18(9-13)23-2/h3-9,12H,10-11H2,1-2H3,(H,20,22). The number of carbonyl (C=O) groups is 1. The van der Waals surface area contributed by atoms with Gasteiger partial charge in [0, 0.05) is 43.0 Å². The highest BCUT2D eigenvalue weighted by atomic mass is 16.5. The molecule has 5 heteroatoms. The smallest absolute Gasteiger partial charge is 0.224 e. The molecule has 0 saturated carbocycles. The van der Waals surface area contributed by atoms with Crippen molar-refractivity contribution in [3.8, 4) is 5.88 Å². The Bertz CT molecular complexity index is 839. The first kappa shape index (κ1) is 15.1. The summed E-state index contributed by atoms with van der Waals surface area (Å²) in [7, 11) is 3.57. The molecule has 0 aliphatic heterocycles. The van der Waals surface area contributed by atoms with Gasteiger partial charge in [0.2, 0.25) is 11.8 Å². The van der Waals surface area contributed by atoms with Crippen molar-refractivity contribution >= 4 is 16.8 Å². The fourth-order valence-electron chi connectivity index (χ4n) is 2.67. The summed E-state index contributed by atoms with van der Waals surface area (Å²) < 4.78 is 7.13. The van der Waals surface area contributed by atoms with Crippen molar-refractivity contribution < 1.29 is 9.53 Å². The lowest BCUT2D eigenvalue weighted by Gasteiger charge is -2.06. The number of fused-ring (bicyclic) bond motifs is 1. The molecule has 118 valence electrons. The van der Waals surface area contributed by atoms with Crippen LogP contribution < -0.4 is 10.1 Å². The summed E-state index contributed by atoms with van der Waals surface area (Å²) in [6, 6.07) is 11.8. The van der Waals surface area contributed by atoms with E-state index in [1.807, 2.05) is 48.1 Å². The molecule has 0 bridgehead atoms. The number of hydrogen-bond donors (Lipinski definition) is 1. The maximum atomic E-state index is 12.2. The van der Waals surface area contributed by atoms with Crippen LogP contribution >= 0.6 is 0 Å². The number of benzene rings is 1. The molecule has 23 heavy (non-hydrogen) atoms. The number of methoxy groups -OCH3 is 1. The highest BCUT2D eigenvalue weighted by Gasteiger charge is 2.10. The number of nitrogens with one attached hydrogen (secondary N) is 1. The van der Waals surface area contributed by atoms with E-state index >= 15 is 0 Å². The van der Waals surface area contributed by atoms with Crippen molar-refractivity contribution in [2.24, 2.45) is 7.05 Å².